The van der Waals surface area contributed by atoms with Crippen LogP contribution in [0.1, 0.15) is 13.3 Å². The van der Waals surface area contributed by atoms with Gasteiger partial charge in [-0.3, -0.25) is 9.59 Å². The number of carbonyl (C=O) groups is 2. The summed E-state index contributed by atoms with van der Waals surface area (Å²) in [4.78, 5) is 23.9. The van der Waals surface area contributed by atoms with Crippen molar-refractivity contribution < 1.29 is 18.0 Å². The van der Waals surface area contributed by atoms with Gasteiger partial charge in [0.15, 0.2) is 0 Å². The highest BCUT2D eigenvalue weighted by molar-refractivity contribution is 7.88. The van der Waals surface area contributed by atoms with Gasteiger partial charge in [-0.2, -0.15) is 0 Å². The van der Waals surface area contributed by atoms with E-state index in [1.165, 1.54) is 11.8 Å². The zero-order chi connectivity index (χ0) is 12.5. The van der Waals surface area contributed by atoms with Gasteiger partial charge in [0.1, 0.15) is 12.1 Å². The Morgan fingerprint density at radius 3 is 2.62 bits per heavy atom. The molecule has 0 spiro atoms. The molecule has 2 amide bonds. The zero-order valence-corrected chi connectivity index (χ0v) is 9.95. The minimum atomic E-state index is -3.42. The van der Waals surface area contributed by atoms with Crippen LogP contribution in [0.4, 0.5) is 0 Å². The number of carbonyl (C=O) groups excluding carboxylic acids is 2. The van der Waals surface area contributed by atoms with E-state index in [4.69, 9.17) is 5.73 Å². The van der Waals surface area contributed by atoms with Gasteiger partial charge < -0.3 is 10.6 Å². The van der Waals surface area contributed by atoms with Gasteiger partial charge in [-0.15, -0.1) is 0 Å². The summed E-state index contributed by atoms with van der Waals surface area (Å²) < 4.78 is 24.2. The molecule has 1 aliphatic rings. The van der Waals surface area contributed by atoms with Gasteiger partial charge in [-0.05, 0) is 13.3 Å². The number of primary amides is 1. The maximum atomic E-state index is 11.7. The summed E-state index contributed by atoms with van der Waals surface area (Å²) in [5, 5.41) is 0. The van der Waals surface area contributed by atoms with Crippen molar-refractivity contribution in [1.82, 2.24) is 9.62 Å². The van der Waals surface area contributed by atoms with Crippen LogP contribution < -0.4 is 10.5 Å². The quantitative estimate of drug-likeness (QED) is 0.601. The molecule has 1 fully saturated rings. The number of likely N-dealkylation sites (tertiary alicyclic amines) is 1. The van der Waals surface area contributed by atoms with Crippen molar-refractivity contribution in [2.75, 3.05) is 12.8 Å². The SMILES string of the molecule is CC(C(N)=O)N1CCC(NS(C)(=O)=O)C1=O. The second-order valence-electron chi connectivity index (χ2n) is 3.84. The second kappa shape index (κ2) is 4.38. The molecule has 0 saturated carbocycles. The molecule has 0 aromatic rings. The van der Waals surface area contributed by atoms with Crippen molar-refractivity contribution in [3.05, 3.63) is 0 Å². The summed E-state index contributed by atoms with van der Waals surface area (Å²) in [5.74, 6) is -1.01. The molecule has 3 N–H and O–H groups in total. The van der Waals surface area contributed by atoms with Crippen LogP contribution in [0.15, 0.2) is 0 Å². The fourth-order valence-electron chi connectivity index (χ4n) is 1.61. The monoisotopic (exact) mass is 249 g/mol. The third kappa shape index (κ3) is 2.92. The zero-order valence-electron chi connectivity index (χ0n) is 9.13. The summed E-state index contributed by atoms with van der Waals surface area (Å²) in [6.07, 6.45) is 1.34. The van der Waals surface area contributed by atoms with Crippen LogP contribution in [0, 0.1) is 0 Å². The highest BCUT2D eigenvalue weighted by Crippen LogP contribution is 2.14. The molecule has 0 aromatic carbocycles. The minimum absolute atomic E-state index is 0.329. The summed E-state index contributed by atoms with van der Waals surface area (Å²) in [5.41, 5.74) is 5.08. The first-order chi connectivity index (χ1) is 7.22. The fraction of sp³-hybridized carbons (Fsp3) is 0.750. The molecule has 7 nitrogen and oxygen atoms in total. The molecule has 16 heavy (non-hydrogen) atoms. The van der Waals surface area contributed by atoms with Crippen LogP contribution >= 0.6 is 0 Å². The van der Waals surface area contributed by atoms with E-state index >= 15 is 0 Å². The number of hydrogen-bond donors (Lipinski definition) is 2. The Hall–Kier alpha value is -1.15. The highest BCUT2D eigenvalue weighted by Gasteiger charge is 2.37. The average Bonchev–Trinajstić information content (AvgIpc) is 2.44. The van der Waals surface area contributed by atoms with Crippen molar-refractivity contribution in [1.29, 1.82) is 0 Å². The minimum Gasteiger partial charge on any atom is -0.368 e. The molecule has 92 valence electrons. The van der Waals surface area contributed by atoms with Crippen LogP contribution in [0.3, 0.4) is 0 Å². The highest BCUT2D eigenvalue weighted by atomic mass is 32.2. The number of nitrogens with two attached hydrogens (primary N) is 1. The summed E-state index contributed by atoms with van der Waals surface area (Å²) >= 11 is 0. The maximum Gasteiger partial charge on any atom is 0.241 e. The fourth-order valence-corrected chi connectivity index (χ4v) is 2.34. The summed E-state index contributed by atoms with van der Waals surface area (Å²) in [6, 6.07) is -1.49. The average molecular weight is 249 g/mol. The van der Waals surface area contributed by atoms with E-state index in [0.29, 0.717) is 13.0 Å². The van der Waals surface area contributed by atoms with Crippen molar-refractivity contribution in [3.8, 4) is 0 Å². The van der Waals surface area contributed by atoms with Gasteiger partial charge >= 0.3 is 0 Å². The third-order valence-corrected chi connectivity index (χ3v) is 3.19. The van der Waals surface area contributed by atoms with E-state index in [2.05, 4.69) is 4.72 Å². The smallest absolute Gasteiger partial charge is 0.241 e. The van der Waals surface area contributed by atoms with E-state index in [9.17, 15) is 18.0 Å². The Kier molecular flexibility index (Phi) is 3.54. The first-order valence-corrected chi connectivity index (χ1v) is 6.68. The molecule has 2 unspecified atom stereocenters. The van der Waals surface area contributed by atoms with Gasteiger partial charge in [-0.1, -0.05) is 0 Å². The number of rotatable bonds is 4. The van der Waals surface area contributed by atoms with Crippen LogP contribution in [0.25, 0.3) is 0 Å². The van der Waals surface area contributed by atoms with Gasteiger partial charge in [0.2, 0.25) is 21.8 Å². The first-order valence-electron chi connectivity index (χ1n) is 4.79. The molecule has 1 aliphatic heterocycles. The van der Waals surface area contributed by atoms with E-state index in [0.717, 1.165) is 6.26 Å². The van der Waals surface area contributed by atoms with E-state index < -0.39 is 33.9 Å². The van der Waals surface area contributed by atoms with Crippen molar-refractivity contribution in [2.45, 2.75) is 25.4 Å². The normalized spacial score (nSPS) is 23.5. The number of nitrogens with zero attached hydrogens (tertiary/aromatic N) is 1. The number of nitrogens with one attached hydrogen (secondary N) is 1. The number of hydrogen-bond acceptors (Lipinski definition) is 4. The molecule has 0 aromatic heterocycles. The molecule has 2 atom stereocenters. The second-order valence-corrected chi connectivity index (χ2v) is 5.62. The predicted octanol–water partition coefficient (Wildman–Crippen LogP) is -1.99. The van der Waals surface area contributed by atoms with Gasteiger partial charge in [0.25, 0.3) is 0 Å². The molecule has 0 aliphatic carbocycles. The van der Waals surface area contributed by atoms with Crippen LogP contribution in [-0.4, -0.2) is 50.0 Å². The van der Waals surface area contributed by atoms with E-state index in [1.807, 2.05) is 0 Å². The molecule has 8 heteroatoms. The lowest BCUT2D eigenvalue weighted by Crippen LogP contribution is -2.47. The lowest BCUT2D eigenvalue weighted by Gasteiger charge is -2.21. The Balaban J connectivity index is 2.72. The number of sulfonamides is 1. The topological polar surface area (TPSA) is 110 Å². The van der Waals surface area contributed by atoms with Crippen molar-refractivity contribution in [2.24, 2.45) is 5.73 Å². The third-order valence-electron chi connectivity index (χ3n) is 2.48. The Morgan fingerprint density at radius 1 is 1.62 bits per heavy atom. The van der Waals surface area contributed by atoms with Crippen LogP contribution in [0.2, 0.25) is 0 Å². The molecular weight excluding hydrogens is 234 g/mol. The standard InChI is InChI=1S/C8H15N3O4S/c1-5(7(9)12)11-4-3-6(8(11)13)10-16(2,14)15/h5-6,10H,3-4H2,1-2H3,(H2,9,12). The van der Waals surface area contributed by atoms with Crippen LogP contribution in [0.5, 0.6) is 0 Å². The van der Waals surface area contributed by atoms with Crippen LogP contribution in [-0.2, 0) is 19.6 Å². The largest absolute Gasteiger partial charge is 0.368 e. The molecule has 0 bridgehead atoms. The van der Waals surface area contributed by atoms with E-state index in [-0.39, 0.29) is 0 Å². The predicted molar refractivity (Wildman–Crippen MR) is 56.8 cm³/mol. The van der Waals surface area contributed by atoms with Gasteiger partial charge in [0.05, 0.1) is 6.26 Å². The Morgan fingerprint density at radius 2 is 2.19 bits per heavy atom. The van der Waals surface area contributed by atoms with Gasteiger partial charge in [-0.25, -0.2) is 13.1 Å². The summed E-state index contributed by atoms with van der Waals surface area (Å²) in [6.45, 7) is 1.85. The van der Waals surface area contributed by atoms with Crippen molar-refractivity contribution in [3.63, 3.8) is 0 Å². The Bertz CT molecular complexity index is 406. The number of amides is 2. The summed E-state index contributed by atoms with van der Waals surface area (Å²) in [7, 11) is -3.42. The molecule has 0 radical (unpaired) electrons. The molecule has 1 rings (SSSR count). The molecule has 1 saturated heterocycles. The molecular formula is C8H15N3O4S. The maximum absolute atomic E-state index is 11.7. The van der Waals surface area contributed by atoms with E-state index in [1.54, 1.807) is 0 Å². The van der Waals surface area contributed by atoms with Crippen molar-refractivity contribution >= 4 is 21.8 Å². The molecule has 1 heterocycles. The lowest BCUT2D eigenvalue weighted by molar-refractivity contribution is -0.136. The lowest BCUT2D eigenvalue weighted by atomic mass is 10.3. The Labute approximate surface area is 94.0 Å². The van der Waals surface area contributed by atoms with Gasteiger partial charge in [0, 0.05) is 6.54 Å². The first kappa shape index (κ1) is 12.9.